The van der Waals surface area contributed by atoms with Crippen LogP contribution in [0.2, 0.25) is 5.02 Å². The molecule has 1 aromatic carbocycles. The van der Waals surface area contributed by atoms with Crippen LogP contribution in [-0.4, -0.2) is 33.1 Å². The number of sulfone groups is 1. The summed E-state index contributed by atoms with van der Waals surface area (Å²) in [5.41, 5.74) is 1.08. The molecule has 0 radical (unpaired) electrons. The molecule has 1 N–H and O–H groups in total. The smallest absolute Gasteiger partial charge is 0.153 e. The molecule has 0 saturated carbocycles. The van der Waals surface area contributed by atoms with Gasteiger partial charge in [-0.1, -0.05) is 31.5 Å². The number of ether oxygens (including phenoxy) is 1. The first-order chi connectivity index (χ1) is 9.98. The van der Waals surface area contributed by atoms with Gasteiger partial charge in [0.15, 0.2) is 9.84 Å². The van der Waals surface area contributed by atoms with Gasteiger partial charge in [-0.2, -0.15) is 0 Å². The monoisotopic (exact) mass is 333 g/mol. The molecule has 0 amide bonds. The van der Waals surface area contributed by atoms with Crippen molar-refractivity contribution < 1.29 is 13.2 Å². The zero-order valence-corrected chi connectivity index (χ0v) is 14.3. The van der Waals surface area contributed by atoms with Crippen molar-refractivity contribution in [1.29, 1.82) is 0 Å². The standard InChI is InChI=1S/C15H24ClNO3S/c1-3-7-17-12-13-5-6-15(14(16)11-13)20-8-10-21(18,19)9-4-2/h5-6,11,17H,3-4,7-10,12H2,1-2H3. The average molecular weight is 334 g/mol. The van der Waals surface area contributed by atoms with E-state index in [2.05, 4.69) is 12.2 Å². The minimum absolute atomic E-state index is 0.0248. The van der Waals surface area contributed by atoms with Gasteiger partial charge in [-0.3, -0.25) is 0 Å². The first-order valence-corrected chi connectivity index (χ1v) is 9.50. The summed E-state index contributed by atoms with van der Waals surface area (Å²) in [4.78, 5) is 0. The summed E-state index contributed by atoms with van der Waals surface area (Å²) in [5, 5.41) is 3.81. The van der Waals surface area contributed by atoms with E-state index in [0.717, 1.165) is 25.1 Å². The Labute approximate surface area is 132 Å². The quantitative estimate of drug-likeness (QED) is 0.669. The maximum Gasteiger partial charge on any atom is 0.153 e. The van der Waals surface area contributed by atoms with Crippen LogP contribution in [0.4, 0.5) is 0 Å². The van der Waals surface area contributed by atoms with E-state index in [1.54, 1.807) is 6.07 Å². The van der Waals surface area contributed by atoms with Gasteiger partial charge in [-0.05, 0) is 37.1 Å². The largest absolute Gasteiger partial charge is 0.491 e. The van der Waals surface area contributed by atoms with E-state index in [9.17, 15) is 8.42 Å². The molecule has 6 heteroatoms. The van der Waals surface area contributed by atoms with Crippen molar-refractivity contribution in [2.45, 2.75) is 33.2 Å². The Balaban J connectivity index is 2.49. The second-order valence-electron chi connectivity index (χ2n) is 4.94. The zero-order valence-electron chi connectivity index (χ0n) is 12.7. The van der Waals surface area contributed by atoms with Crippen molar-refractivity contribution in [1.82, 2.24) is 5.32 Å². The molecule has 0 heterocycles. The normalized spacial score (nSPS) is 11.6. The van der Waals surface area contributed by atoms with Crippen molar-refractivity contribution in [3.05, 3.63) is 28.8 Å². The molecule has 0 bridgehead atoms. The van der Waals surface area contributed by atoms with Gasteiger partial charge in [0, 0.05) is 6.54 Å². The van der Waals surface area contributed by atoms with Gasteiger partial charge in [0.1, 0.15) is 12.4 Å². The third-order valence-electron chi connectivity index (χ3n) is 2.92. The summed E-state index contributed by atoms with van der Waals surface area (Å²) in [7, 11) is -3.02. The number of halogens is 1. The molecule has 0 unspecified atom stereocenters. The van der Waals surface area contributed by atoms with E-state index in [1.165, 1.54) is 0 Å². The van der Waals surface area contributed by atoms with E-state index in [0.29, 0.717) is 17.2 Å². The molecular formula is C15H24ClNO3S. The van der Waals surface area contributed by atoms with E-state index in [4.69, 9.17) is 16.3 Å². The molecule has 1 aromatic rings. The number of benzene rings is 1. The molecule has 0 atom stereocenters. The van der Waals surface area contributed by atoms with Crippen LogP contribution in [0.1, 0.15) is 32.3 Å². The minimum atomic E-state index is -3.02. The van der Waals surface area contributed by atoms with Gasteiger partial charge < -0.3 is 10.1 Å². The summed E-state index contributed by atoms with van der Waals surface area (Å²) in [6, 6.07) is 5.57. The maximum atomic E-state index is 11.6. The molecule has 0 aliphatic rings. The molecule has 0 fully saturated rings. The van der Waals surface area contributed by atoms with Crippen molar-refractivity contribution in [3.8, 4) is 5.75 Å². The zero-order chi connectivity index (χ0) is 15.7. The first kappa shape index (κ1) is 18.3. The average Bonchev–Trinajstić information content (AvgIpc) is 2.41. The van der Waals surface area contributed by atoms with Gasteiger partial charge in [0.25, 0.3) is 0 Å². The van der Waals surface area contributed by atoms with Gasteiger partial charge in [-0.25, -0.2) is 8.42 Å². The highest BCUT2D eigenvalue weighted by Gasteiger charge is 2.10. The van der Waals surface area contributed by atoms with E-state index in [1.807, 2.05) is 19.1 Å². The lowest BCUT2D eigenvalue weighted by Crippen LogP contribution is -2.17. The molecule has 1 rings (SSSR count). The lowest BCUT2D eigenvalue weighted by atomic mass is 10.2. The van der Waals surface area contributed by atoms with Gasteiger partial charge in [0.2, 0.25) is 0 Å². The van der Waals surface area contributed by atoms with Gasteiger partial charge in [0.05, 0.1) is 16.5 Å². The van der Waals surface area contributed by atoms with Gasteiger partial charge >= 0.3 is 0 Å². The highest BCUT2D eigenvalue weighted by Crippen LogP contribution is 2.25. The fourth-order valence-corrected chi connectivity index (χ4v) is 3.29. The number of nitrogens with one attached hydrogen (secondary N) is 1. The summed E-state index contributed by atoms with van der Waals surface area (Å²) in [6.45, 7) is 5.82. The Bertz CT molecular complexity index is 532. The van der Waals surface area contributed by atoms with Crippen LogP contribution in [0.3, 0.4) is 0 Å². The van der Waals surface area contributed by atoms with Crippen LogP contribution in [0.15, 0.2) is 18.2 Å². The molecule has 120 valence electrons. The van der Waals surface area contributed by atoms with Crippen molar-refractivity contribution in [2.24, 2.45) is 0 Å². The molecular weight excluding hydrogens is 310 g/mol. The molecule has 0 aromatic heterocycles. The topological polar surface area (TPSA) is 55.4 Å². The SMILES string of the molecule is CCCNCc1ccc(OCCS(=O)(=O)CCC)c(Cl)c1. The predicted octanol–water partition coefficient (Wildman–Crippen LogP) is 3.04. The van der Waals surface area contributed by atoms with E-state index >= 15 is 0 Å². The Morgan fingerprint density at radius 3 is 2.57 bits per heavy atom. The fraction of sp³-hybridized carbons (Fsp3) is 0.600. The molecule has 4 nitrogen and oxygen atoms in total. The summed E-state index contributed by atoms with van der Waals surface area (Å²) < 4.78 is 28.6. The molecule has 0 aliphatic heterocycles. The van der Waals surface area contributed by atoms with Crippen LogP contribution >= 0.6 is 11.6 Å². The predicted molar refractivity (Wildman–Crippen MR) is 87.9 cm³/mol. The first-order valence-electron chi connectivity index (χ1n) is 7.31. The molecule has 21 heavy (non-hydrogen) atoms. The molecule has 0 spiro atoms. The number of hydrogen-bond acceptors (Lipinski definition) is 4. The Morgan fingerprint density at radius 1 is 1.19 bits per heavy atom. The Morgan fingerprint density at radius 2 is 1.95 bits per heavy atom. The second-order valence-corrected chi connectivity index (χ2v) is 7.65. The summed E-state index contributed by atoms with van der Waals surface area (Å²) >= 11 is 6.15. The van der Waals surface area contributed by atoms with E-state index < -0.39 is 9.84 Å². The third-order valence-corrected chi connectivity index (χ3v) is 5.03. The lowest BCUT2D eigenvalue weighted by molar-refractivity contribution is 0.341. The van der Waals surface area contributed by atoms with Crippen molar-refractivity contribution in [2.75, 3.05) is 24.7 Å². The van der Waals surface area contributed by atoms with Crippen LogP contribution in [0.5, 0.6) is 5.75 Å². The Kier molecular flexibility index (Phi) is 8.07. The highest BCUT2D eigenvalue weighted by atomic mass is 35.5. The summed E-state index contributed by atoms with van der Waals surface area (Å²) in [5.74, 6) is 0.755. The molecule has 0 aliphatic carbocycles. The van der Waals surface area contributed by atoms with Crippen LogP contribution in [0.25, 0.3) is 0 Å². The lowest BCUT2D eigenvalue weighted by Gasteiger charge is -2.10. The highest BCUT2D eigenvalue weighted by molar-refractivity contribution is 7.91. The third kappa shape index (κ3) is 7.16. The van der Waals surface area contributed by atoms with Crippen molar-refractivity contribution >= 4 is 21.4 Å². The van der Waals surface area contributed by atoms with Crippen LogP contribution in [-0.2, 0) is 16.4 Å². The van der Waals surface area contributed by atoms with Gasteiger partial charge in [-0.15, -0.1) is 0 Å². The molecule has 0 saturated heterocycles. The van der Waals surface area contributed by atoms with Crippen LogP contribution in [0, 0.1) is 0 Å². The number of rotatable bonds is 10. The Hall–Kier alpha value is -0.780. The van der Waals surface area contributed by atoms with Crippen LogP contribution < -0.4 is 10.1 Å². The maximum absolute atomic E-state index is 11.6. The summed E-state index contributed by atoms with van der Waals surface area (Å²) in [6.07, 6.45) is 1.71. The second kappa shape index (κ2) is 9.28. The fourth-order valence-electron chi connectivity index (χ4n) is 1.87. The van der Waals surface area contributed by atoms with E-state index in [-0.39, 0.29) is 18.1 Å². The van der Waals surface area contributed by atoms with Crippen molar-refractivity contribution in [3.63, 3.8) is 0 Å². The minimum Gasteiger partial charge on any atom is -0.491 e. The number of hydrogen-bond donors (Lipinski definition) is 1.